The van der Waals surface area contributed by atoms with Gasteiger partial charge in [0.25, 0.3) is 0 Å². The third-order valence-corrected chi connectivity index (χ3v) is 4.76. The molecule has 7 heteroatoms. The number of ether oxygens (including phenoxy) is 3. The third kappa shape index (κ3) is 3.49. The maximum Gasteiger partial charge on any atom is 0.226 e. The number of rotatable bonds is 6. The largest absolute Gasteiger partial charge is 0.493 e. The van der Waals surface area contributed by atoms with E-state index >= 15 is 0 Å². The highest BCUT2D eigenvalue weighted by molar-refractivity contribution is 9.10. The van der Waals surface area contributed by atoms with Crippen LogP contribution in [-0.4, -0.2) is 31.6 Å². The van der Waals surface area contributed by atoms with Crippen LogP contribution in [0.15, 0.2) is 22.8 Å². The van der Waals surface area contributed by atoms with Crippen molar-refractivity contribution in [2.45, 2.75) is 13.8 Å². The highest BCUT2D eigenvalue weighted by atomic mass is 79.9. The Morgan fingerprint density at radius 3 is 2.46 bits per heavy atom. The summed E-state index contributed by atoms with van der Waals surface area (Å²) in [6.07, 6.45) is 1.44. The standard InChI is InChI=1S/C17H17BrClNO4/c1-5-24-17-14(15(18)11(19)8-20-17)16(21)10-7-13(23-4)12(22-3)6-9(10)2/h6-8H,5H2,1-4H3. The number of methoxy groups -OCH3 is 2. The van der Waals surface area contributed by atoms with Crippen molar-refractivity contribution in [3.63, 3.8) is 0 Å². The summed E-state index contributed by atoms with van der Waals surface area (Å²) < 4.78 is 16.5. The van der Waals surface area contributed by atoms with Gasteiger partial charge in [0, 0.05) is 5.56 Å². The monoisotopic (exact) mass is 413 g/mol. The van der Waals surface area contributed by atoms with E-state index in [1.165, 1.54) is 13.3 Å². The molecule has 24 heavy (non-hydrogen) atoms. The van der Waals surface area contributed by atoms with Crippen molar-refractivity contribution in [3.05, 3.63) is 44.5 Å². The first-order valence-corrected chi connectivity index (χ1v) is 8.35. The molecule has 2 aromatic rings. The number of hydrogen-bond donors (Lipinski definition) is 0. The first kappa shape index (κ1) is 18.5. The zero-order valence-electron chi connectivity index (χ0n) is 13.8. The fraction of sp³-hybridized carbons (Fsp3) is 0.294. The minimum absolute atomic E-state index is 0.230. The van der Waals surface area contributed by atoms with Crippen LogP contribution < -0.4 is 14.2 Å². The Labute approximate surface area is 154 Å². The van der Waals surface area contributed by atoms with Gasteiger partial charge in [-0.1, -0.05) is 11.6 Å². The van der Waals surface area contributed by atoms with Gasteiger partial charge in [-0.05, 0) is 47.5 Å². The summed E-state index contributed by atoms with van der Waals surface area (Å²) >= 11 is 9.46. The van der Waals surface area contributed by atoms with Crippen LogP contribution in [0.2, 0.25) is 5.02 Å². The molecular formula is C17H17BrClNO4. The number of nitrogens with zero attached hydrogens (tertiary/aromatic N) is 1. The molecule has 0 aliphatic heterocycles. The van der Waals surface area contributed by atoms with Crippen LogP contribution in [-0.2, 0) is 0 Å². The summed E-state index contributed by atoms with van der Waals surface area (Å²) in [5, 5.41) is 0.333. The maximum atomic E-state index is 13.1. The molecule has 0 amide bonds. The Morgan fingerprint density at radius 2 is 1.88 bits per heavy atom. The van der Waals surface area contributed by atoms with E-state index in [2.05, 4.69) is 20.9 Å². The predicted octanol–water partition coefficient (Wildman–Crippen LogP) is 4.45. The van der Waals surface area contributed by atoms with Crippen molar-refractivity contribution in [3.8, 4) is 17.4 Å². The van der Waals surface area contributed by atoms with Gasteiger partial charge in [-0.15, -0.1) is 0 Å². The van der Waals surface area contributed by atoms with Crippen molar-refractivity contribution in [2.24, 2.45) is 0 Å². The summed E-state index contributed by atoms with van der Waals surface area (Å²) in [7, 11) is 3.06. The number of benzene rings is 1. The molecule has 0 spiro atoms. The van der Waals surface area contributed by atoms with Gasteiger partial charge < -0.3 is 14.2 Å². The zero-order chi connectivity index (χ0) is 17.9. The maximum absolute atomic E-state index is 13.1. The van der Waals surface area contributed by atoms with Crippen molar-refractivity contribution in [2.75, 3.05) is 20.8 Å². The third-order valence-electron chi connectivity index (χ3n) is 3.42. The second kappa shape index (κ2) is 7.85. The van der Waals surface area contributed by atoms with Gasteiger partial charge >= 0.3 is 0 Å². The van der Waals surface area contributed by atoms with Crippen LogP contribution in [0.25, 0.3) is 0 Å². The molecule has 128 valence electrons. The number of carbonyl (C=O) groups excluding carboxylic acids is 1. The molecule has 1 heterocycles. The first-order valence-electron chi connectivity index (χ1n) is 7.18. The van der Waals surface area contributed by atoms with Crippen LogP contribution in [0.1, 0.15) is 28.4 Å². The van der Waals surface area contributed by atoms with E-state index in [-0.39, 0.29) is 17.2 Å². The van der Waals surface area contributed by atoms with Gasteiger partial charge in [-0.2, -0.15) is 0 Å². The molecule has 1 aromatic carbocycles. The lowest BCUT2D eigenvalue weighted by Gasteiger charge is -2.15. The van der Waals surface area contributed by atoms with Crippen LogP contribution in [0.3, 0.4) is 0 Å². The van der Waals surface area contributed by atoms with Crippen molar-refractivity contribution in [1.82, 2.24) is 4.98 Å². The van der Waals surface area contributed by atoms with Gasteiger partial charge in [-0.3, -0.25) is 4.79 Å². The Morgan fingerprint density at radius 1 is 1.25 bits per heavy atom. The first-order chi connectivity index (χ1) is 11.4. The quantitative estimate of drug-likeness (QED) is 0.654. The Kier molecular flexibility index (Phi) is 6.07. The highest BCUT2D eigenvalue weighted by Gasteiger charge is 2.24. The SMILES string of the molecule is CCOc1ncc(Cl)c(Br)c1C(=O)c1cc(OC)c(OC)cc1C. The summed E-state index contributed by atoms with van der Waals surface area (Å²) in [5.41, 5.74) is 1.48. The lowest BCUT2D eigenvalue weighted by atomic mass is 9.99. The predicted molar refractivity (Wildman–Crippen MR) is 95.8 cm³/mol. The summed E-state index contributed by atoms with van der Waals surface area (Å²) in [5.74, 6) is 0.988. The lowest BCUT2D eigenvalue weighted by Crippen LogP contribution is -2.10. The normalized spacial score (nSPS) is 10.4. The van der Waals surface area contributed by atoms with E-state index < -0.39 is 0 Å². The molecule has 0 aliphatic carbocycles. The molecule has 5 nitrogen and oxygen atoms in total. The molecule has 0 radical (unpaired) electrons. The molecule has 1 aromatic heterocycles. The fourth-order valence-corrected chi connectivity index (χ4v) is 2.85. The summed E-state index contributed by atoms with van der Waals surface area (Å²) in [4.78, 5) is 17.2. The van der Waals surface area contributed by atoms with E-state index in [4.69, 9.17) is 25.8 Å². The Hall–Kier alpha value is -1.79. The molecule has 0 aliphatic rings. The second-order valence-corrected chi connectivity index (χ2v) is 6.08. The van der Waals surface area contributed by atoms with E-state index in [1.807, 2.05) is 13.8 Å². The molecule has 0 N–H and O–H groups in total. The van der Waals surface area contributed by atoms with Crippen LogP contribution in [0.5, 0.6) is 17.4 Å². The number of hydrogen-bond acceptors (Lipinski definition) is 5. The van der Waals surface area contributed by atoms with Gasteiger partial charge in [0.05, 0.1) is 36.5 Å². The topological polar surface area (TPSA) is 57.7 Å². The van der Waals surface area contributed by atoms with Crippen LogP contribution in [0, 0.1) is 6.92 Å². The molecule has 0 unspecified atom stereocenters. The van der Waals surface area contributed by atoms with E-state index in [0.29, 0.717) is 33.2 Å². The summed E-state index contributed by atoms with van der Waals surface area (Å²) in [6, 6.07) is 3.39. The average Bonchev–Trinajstić information content (AvgIpc) is 2.57. The second-order valence-electron chi connectivity index (χ2n) is 4.88. The molecule has 0 saturated carbocycles. The molecule has 0 bridgehead atoms. The molecule has 2 rings (SSSR count). The molecule has 0 fully saturated rings. The Balaban J connectivity index is 2.63. The van der Waals surface area contributed by atoms with Crippen molar-refractivity contribution < 1.29 is 19.0 Å². The van der Waals surface area contributed by atoms with Crippen molar-refractivity contribution in [1.29, 1.82) is 0 Å². The minimum Gasteiger partial charge on any atom is -0.493 e. The van der Waals surface area contributed by atoms with E-state index in [0.717, 1.165) is 5.56 Å². The highest BCUT2D eigenvalue weighted by Crippen LogP contribution is 2.36. The van der Waals surface area contributed by atoms with Gasteiger partial charge in [0.15, 0.2) is 17.3 Å². The number of aromatic nitrogens is 1. The number of ketones is 1. The fourth-order valence-electron chi connectivity index (χ4n) is 2.25. The van der Waals surface area contributed by atoms with Gasteiger partial charge in [0.2, 0.25) is 5.88 Å². The van der Waals surface area contributed by atoms with E-state index in [9.17, 15) is 4.79 Å². The van der Waals surface area contributed by atoms with E-state index in [1.54, 1.807) is 19.2 Å². The average molecular weight is 415 g/mol. The number of carbonyl (C=O) groups is 1. The number of halogens is 2. The van der Waals surface area contributed by atoms with Crippen LogP contribution in [0.4, 0.5) is 0 Å². The van der Waals surface area contributed by atoms with Gasteiger partial charge in [0.1, 0.15) is 5.56 Å². The summed E-state index contributed by atoms with van der Waals surface area (Å²) in [6.45, 7) is 4.02. The van der Waals surface area contributed by atoms with Gasteiger partial charge in [-0.25, -0.2) is 4.98 Å². The minimum atomic E-state index is -0.265. The van der Waals surface area contributed by atoms with Crippen LogP contribution >= 0.6 is 27.5 Å². The lowest BCUT2D eigenvalue weighted by molar-refractivity contribution is 0.103. The number of pyridine rings is 1. The smallest absolute Gasteiger partial charge is 0.226 e. The molecular weight excluding hydrogens is 398 g/mol. The molecule has 0 saturated heterocycles. The molecule has 0 atom stereocenters. The van der Waals surface area contributed by atoms with Crippen molar-refractivity contribution >= 4 is 33.3 Å². The zero-order valence-corrected chi connectivity index (χ0v) is 16.1. The number of aryl methyl sites for hydroxylation is 1. The Bertz CT molecular complexity index is 780.